The van der Waals surface area contributed by atoms with Crippen LogP contribution in [0.15, 0.2) is 170 Å². The summed E-state index contributed by atoms with van der Waals surface area (Å²) >= 11 is 0. The van der Waals surface area contributed by atoms with Gasteiger partial charge >= 0.3 is 17.9 Å². The van der Waals surface area contributed by atoms with Crippen LogP contribution in [0.2, 0.25) is 0 Å². The Morgan fingerprint density at radius 3 is 0.727 bits per heavy atom. The van der Waals surface area contributed by atoms with Gasteiger partial charge in [-0.2, -0.15) is 0 Å². The molecule has 0 fully saturated rings. The van der Waals surface area contributed by atoms with Gasteiger partial charge in [-0.1, -0.05) is 242 Å². The molecular weight excluding hydrogens is 949 g/mol. The predicted molar refractivity (Wildman–Crippen MR) is 334 cm³/mol. The number of carbonyl (C=O) groups excluding carboxylic acids is 3. The second kappa shape index (κ2) is 63.3. The molecule has 430 valence electrons. The number of rotatable bonds is 53. The lowest BCUT2D eigenvalue weighted by Gasteiger charge is -2.18. The molecule has 0 aromatic heterocycles. The Morgan fingerprint density at radius 1 is 0.260 bits per heavy atom. The Labute approximate surface area is 472 Å². The molecule has 0 spiro atoms. The SMILES string of the molecule is CC/C=C\C/C=C\C/C=C\C/C=C\C/C=C\C/C=C\CCCCCCC(=O)OCC(COC(=O)CCCCCC/C=C\C/C=C\C/C=C\C/C=C\CC)OC(=O)CCCCCCCC/C=C\C/C=C\C/C=C\C/C=C\CC. The van der Waals surface area contributed by atoms with E-state index in [1.807, 2.05) is 0 Å². The van der Waals surface area contributed by atoms with Gasteiger partial charge in [0.15, 0.2) is 6.10 Å². The first-order valence-electron chi connectivity index (χ1n) is 30.6. The Kier molecular flexibility index (Phi) is 59.0. The number of allylic oxidation sites excluding steroid dienone is 28. The minimum Gasteiger partial charge on any atom is -0.462 e. The van der Waals surface area contributed by atoms with E-state index in [1.165, 1.54) is 12.8 Å². The Balaban J connectivity index is 4.54. The average Bonchev–Trinajstić information content (AvgIpc) is 3.43. The molecule has 1 unspecified atom stereocenters. The third kappa shape index (κ3) is 61.5. The quantitative estimate of drug-likeness (QED) is 0.0261. The van der Waals surface area contributed by atoms with Crippen molar-refractivity contribution < 1.29 is 28.6 Å². The molecule has 0 amide bonds. The van der Waals surface area contributed by atoms with E-state index in [1.54, 1.807) is 0 Å². The van der Waals surface area contributed by atoms with Crippen molar-refractivity contribution in [3.8, 4) is 0 Å². The van der Waals surface area contributed by atoms with Gasteiger partial charge in [-0.25, -0.2) is 0 Å². The van der Waals surface area contributed by atoms with Crippen LogP contribution in [0.3, 0.4) is 0 Å². The van der Waals surface area contributed by atoms with Crippen LogP contribution in [-0.2, 0) is 28.6 Å². The fourth-order valence-corrected chi connectivity index (χ4v) is 7.72. The van der Waals surface area contributed by atoms with Crippen molar-refractivity contribution in [1.29, 1.82) is 0 Å². The van der Waals surface area contributed by atoms with E-state index in [4.69, 9.17) is 14.2 Å². The highest BCUT2D eigenvalue weighted by Crippen LogP contribution is 2.13. The molecule has 0 bridgehead atoms. The smallest absolute Gasteiger partial charge is 0.306 e. The van der Waals surface area contributed by atoms with Crippen molar-refractivity contribution >= 4 is 17.9 Å². The summed E-state index contributed by atoms with van der Waals surface area (Å²) in [4.78, 5) is 38.3. The second-order valence-electron chi connectivity index (χ2n) is 19.5. The normalized spacial score (nSPS) is 13.3. The molecule has 0 aromatic carbocycles. The first-order valence-corrected chi connectivity index (χ1v) is 30.6. The van der Waals surface area contributed by atoms with E-state index in [2.05, 4.69) is 191 Å². The van der Waals surface area contributed by atoms with Crippen LogP contribution in [0.5, 0.6) is 0 Å². The zero-order valence-corrected chi connectivity index (χ0v) is 49.1. The van der Waals surface area contributed by atoms with Gasteiger partial charge in [-0.15, -0.1) is 0 Å². The summed E-state index contributed by atoms with van der Waals surface area (Å²) < 4.78 is 16.9. The summed E-state index contributed by atoms with van der Waals surface area (Å²) in [5.74, 6) is -0.981. The molecule has 0 saturated carbocycles. The highest BCUT2D eigenvalue weighted by atomic mass is 16.6. The van der Waals surface area contributed by atoms with Gasteiger partial charge in [0, 0.05) is 19.3 Å². The molecule has 1 atom stereocenters. The number of unbranched alkanes of at least 4 members (excludes halogenated alkanes) is 14. The summed E-state index contributed by atoms with van der Waals surface area (Å²) in [7, 11) is 0. The fourth-order valence-electron chi connectivity index (χ4n) is 7.72. The maximum absolute atomic E-state index is 12.9. The first kappa shape index (κ1) is 71.8. The number of ether oxygens (including phenoxy) is 3. The minimum atomic E-state index is -0.818. The van der Waals surface area contributed by atoms with E-state index in [9.17, 15) is 14.4 Å². The van der Waals surface area contributed by atoms with E-state index in [0.29, 0.717) is 19.3 Å². The van der Waals surface area contributed by atoms with Crippen molar-refractivity contribution in [3.05, 3.63) is 170 Å². The van der Waals surface area contributed by atoms with Crippen LogP contribution in [-0.4, -0.2) is 37.2 Å². The zero-order valence-electron chi connectivity index (χ0n) is 49.1. The van der Waals surface area contributed by atoms with Crippen LogP contribution < -0.4 is 0 Å². The van der Waals surface area contributed by atoms with Crippen molar-refractivity contribution in [3.63, 3.8) is 0 Å². The van der Waals surface area contributed by atoms with Gasteiger partial charge in [0.25, 0.3) is 0 Å². The number of esters is 3. The fraction of sp³-hybridized carbons (Fsp3) is 0.563. The summed E-state index contributed by atoms with van der Waals surface area (Å²) in [5, 5.41) is 0. The lowest BCUT2D eigenvalue weighted by molar-refractivity contribution is -0.167. The van der Waals surface area contributed by atoms with Crippen LogP contribution in [0.1, 0.15) is 239 Å². The predicted octanol–water partition coefficient (Wildman–Crippen LogP) is 21.1. The average molecular weight is 1060 g/mol. The van der Waals surface area contributed by atoms with Gasteiger partial charge in [-0.3, -0.25) is 14.4 Å². The Morgan fingerprint density at radius 2 is 0.468 bits per heavy atom. The molecule has 0 aliphatic carbocycles. The zero-order chi connectivity index (χ0) is 55.7. The molecule has 0 aromatic rings. The maximum Gasteiger partial charge on any atom is 0.306 e. The lowest BCUT2D eigenvalue weighted by atomic mass is 10.1. The topological polar surface area (TPSA) is 78.9 Å². The minimum absolute atomic E-state index is 0.114. The molecule has 77 heavy (non-hydrogen) atoms. The molecule has 0 radical (unpaired) electrons. The van der Waals surface area contributed by atoms with Gasteiger partial charge in [-0.05, 0) is 148 Å². The van der Waals surface area contributed by atoms with Gasteiger partial charge in [0.2, 0.25) is 0 Å². The summed E-state index contributed by atoms with van der Waals surface area (Å²) in [6.07, 6.45) is 93.4. The molecule has 0 rings (SSSR count). The van der Waals surface area contributed by atoms with Crippen molar-refractivity contribution in [2.24, 2.45) is 0 Å². The number of carbonyl (C=O) groups is 3. The van der Waals surface area contributed by atoms with Crippen LogP contribution in [0, 0.1) is 0 Å². The molecule has 6 heteroatoms. The molecule has 0 heterocycles. The highest BCUT2D eigenvalue weighted by Gasteiger charge is 2.19. The van der Waals surface area contributed by atoms with Crippen molar-refractivity contribution in [2.45, 2.75) is 245 Å². The van der Waals surface area contributed by atoms with Crippen LogP contribution in [0.4, 0.5) is 0 Å². The van der Waals surface area contributed by atoms with Crippen molar-refractivity contribution in [1.82, 2.24) is 0 Å². The molecule has 0 aliphatic heterocycles. The largest absolute Gasteiger partial charge is 0.462 e. The van der Waals surface area contributed by atoms with E-state index >= 15 is 0 Å². The lowest BCUT2D eigenvalue weighted by Crippen LogP contribution is -2.30. The maximum atomic E-state index is 12.9. The third-order valence-corrected chi connectivity index (χ3v) is 12.2. The summed E-state index contributed by atoms with van der Waals surface area (Å²) in [6, 6.07) is 0. The Hall–Kier alpha value is -5.23. The molecule has 0 aliphatic rings. The first-order chi connectivity index (χ1) is 38.0. The summed E-state index contributed by atoms with van der Waals surface area (Å²) in [6.45, 7) is 6.23. The monoisotopic (exact) mass is 1060 g/mol. The van der Waals surface area contributed by atoms with E-state index in [-0.39, 0.29) is 31.1 Å². The molecular formula is C71H110O6. The second-order valence-corrected chi connectivity index (χ2v) is 19.5. The van der Waals surface area contributed by atoms with Crippen molar-refractivity contribution in [2.75, 3.05) is 13.2 Å². The molecule has 0 saturated heterocycles. The standard InChI is InChI=1S/C71H110O6/c1-4-7-10-13-16-19-22-25-28-31-33-34-35-36-38-40-43-46-49-52-55-58-61-64-70(73)76-67-68(66-75-69(72)63-60-57-54-51-48-45-42-39-30-27-24-21-18-15-12-9-6-3)77-71(74)65-62-59-56-53-50-47-44-41-37-32-29-26-23-20-17-14-11-8-5-2/h7-12,16-21,25-30,33-34,36-38,41-43,45-46,68H,4-6,13-15,22-24,31-32,35,39-40,44,47-67H2,1-3H3/b10-7-,11-8-,12-9-,19-16-,20-17-,21-18-,28-25-,29-26-,30-27-,34-33-,38-36-,41-37-,45-42-,46-43-. The van der Waals surface area contributed by atoms with Gasteiger partial charge in [0.05, 0.1) is 0 Å². The van der Waals surface area contributed by atoms with Crippen LogP contribution in [0.25, 0.3) is 0 Å². The molecule has 0 N–H and O–H groups in total. The highest BCUT2D eigenvalue weighted by molar-refractivity contribution is 5.71. The molecule has 6 nitrogen and oxygen atoms in total. The van der Waals surface area contributed by atoms with E-state index in [0.717, 1.165) is 186 Å². The van der Waals surface area contributed by atoms with E-state index < -0.39 is 6.10 Å². The summed E-state index contributed by atoms with van der Waals surface area (Å²) in [5.41, 5.74) is 0. The Bertz CT molecular complexity index is 1790. The number of hydrogen-bond donors (Lipinski definition) is 0. The third-order valence-electron chi connectivity index (χ3n) is 12.2. The van der Waals surface area contributed by atoms with Crippen LogP contribution >= 0.6 is 0 Å². The van der Waals surface area contributed by atoms with Gasteiger partial charge in [0.1, 0.15) is 13.2 Å². The van der Waals surface area contributed by atoms with Gasteiger partial charge < -0.3 is 14.2 Å². The number of hydrogen-bond acceptors (Lipinski definition) is 6.